The molecule has 0 atom stereocenters. The Kier molecular flexibility index (Phi) is 4.90. The molecule has 6 heteroatoms. The van der Waals surface area contributed by atoms with Gasteiger partial charge in [-0.3, -0.25) is 14.6 Å². The van der Waals surface area contributed by atoms with Crippen LogP contribution >= 0.6 is 11.3 Å². The van der Waals surface area contributed by atoms with Crippen molar-refractivity contribution in [3.63, 3.8) is 0 Å². The van der Waals surface area contributed by atoms with Gasteiger partial charge in [0.25, 0.3) is 0 Å². The Balaban J connectivity index is 2.01. The molecule has 0 radical (unpaired) electrons. The number of aliphatic hydroxyl groups excluding tert-OH is 1. The third kappa shape index (κ3) is 3.75. The predicted molar refractivity (Wildman–Crippen MR) is 76.3 cm³/mol. The zero-order valence-electron chi connectivity index (χ0n) is 11.5. The molecule has 0 saturated heterocycles. The number of nitrogens with zero attached hydrogens (tertiary/aromatic N) is 3. The van der Waals surface area contributed by atoms with Crippen molar-refractivity contribution >= 4 is 22.4 Å². The Labute approximate surface area is 117 Å². The van der Waals surface area contributed by atoms with Crippen molar-refractivity contribution in [1.82, 2.24) is 9.88 Å². The van der Waals surface area contributed by atoms with Gasteiger partial charge in [-0.25, -0.2) is 4.98 Å². The molecule has 0 aromatic carbocycles. The summed E-state index contributed by atoms with van der Waals surface area (Å²) in [6.45, 7) is 5.80. The molecule has 1 aliphatic carbocycles. The molecule has 106 valence electrons. The van der Waals surface area contributed by atoms with E-state index in [0.29, 0.717) is 19.1 Å². The van der Waals surface area contributed by atoms with E-state index in [1.165, 1.54) is 24.2 Å². The average Bonchev–Trinajstić information content (AvgIpc) is 3.12. The number of amides is 1. The number of rotatable bonds is 7. The molecule has 19 heavy (non-hydrogen) atoms. The third-order valence-corrected chi connectivity index (χ3v) is 4.19. The number of hydrogen-bond donors (Lipinski definition) is 1. The number of anilines is 1. The van der Waals surface area contributed by atoms with Crippen molar-refractivity contribution in [2.45, 2.75) is 39.3 Å². The minimum atomic E-state index is 0.0257. The first-order chi connectivity index (χ1) is 9.15. The molecule has 1 amide bonds. The van der Waals surface area contributed by atoms with Crippen LogP contribution < -0.4 is 4.90 Å². The molecule has 0 unspecified atom stereocenters. The normalized spacial score (nSPS) is 14.9. The van der Waals surface area contributed by atoms with Crippen molar-refractivity contribution in [3.05, 3.63) is 11.1 Å². The molecule has 0 spiro atoms. The Hall–Kier alpha value is -0.980. The van der Waals surface area contributed by atoms with E-state index < -0.39 is 0 Å². The van der Waals surface area contributed by atoms with Crippen LogP contribution in [0.25, 0.3) is 0 Å². The molecule has 0 aliphatic heterocycles. The highest BCUT2D eigenvalue weighted by Crippen LogP contribution is 2.29. The van der Waals surface area contributed by atoms with Crippen LogP contribution in [-0.4, -0.2) is 46.6 Å². The zero-order chi connectivity index (χ0) is 13.8. The topological polar surface area (TPSA) is 56.7 Å². The lowest BCUT2D eigenvalue weighted by Crippen LogP contribution is -2.29. The van der Waals surface area contributed by atoms with Gasteiger partial charge >= 0.3 is 0 Å². The maximum absolute atomic E-state index is 11.5. The van der Waals surface area contributed by atoms with Gasteiger partial charge in [0.15, 0.2) is 5.13 Å². The van der Waals surface area contributed by atoms with E-state index in [2.05, 4.69) is 9.88 Å². The van der Waals surface area contributed by atoms with E-state index in [1.54, 1.807) is 11.8 Å². The van der Waals surface area contributed by atoms with E-state index >= 15 is 0 Å². The molecular weight excluding hydrogens is 262 g/mol. The first-order valence-electron chi connectivity index (χ1n) is 6.73. The van der Waals surface area contributed by atoms with Crippen molar-refractivity contribution in [2.75, 3.05) is 24.6 Å². The Bertz CT molecular complexity index is 431. The fourth-order valence-electron chi connectivity index (χ4n) is 2.15. The molecule has 1 saturated carbocycles. The minimum Gasteiger partial charge on any atom is -0.395 e. The Morgan fingerprint density at radius 3 is 2.84 bits per heavy atom. The molecule has 1 aromatic rings. The zero-order valence-corrected chi connectivity index (χ0v) is 12.3. The minimum absolute atomic E-state index is 0.0257. The molecule has 1 aromatic heterocycles. The highest BCUT2D eigenvalue weighted by Gasteiger charge is 2.29. The van der Waals surface area contributed by atoms with Gasteiger partial charge in [0.1, 0.15) is 0 Å². The van der Waals surface area contributed by atoms with Crippen LogP contribution in [0.2, 0.25) is 0 Å². The third-order valence-electron chi connectivity index (χ3n) is 3.28. The first kappa shape index (κ1) is 14.4. The standard InChI is InChI=1S/C13H21N3O2S/c1-3-16(10(2)18)13-14-11(9-19-13)8-15(6-7-17)12-4-5-12/h9,12,17H,3-8H2,1-2H3. The van der Waals surface area contributed by atoms with E-state index in [-0.39, 0.29) is 12.5 Å². The summed E-state index contributed by atoms with van der Waals surface area (Å²) in [6, 6.07) is 0.604. The predicted octanol–water partition coefficient (Wildman–Crippen LogP) is 1.47. The summed E-state index contributed by atoms with van der Waals surface area (Å²) in [6.07, 6.45) is 2.43. The van der Waals surface area contributed by atoms with Crippen molar-refractivity contribution < 1.29 is 9.90 Å². The van der Waals surface area contributed by atoms with Gasteiger partial charge in [0, 0.05) is 38.0 Å². The van der Waals surface area contributed by atoms with E-state index in [1.807, 2.05) is 12.3 Å². The van der Waals surface area contributed by atoms with Crippen LogP contribution in [0.1, 0.15) is 32.4 Å². The van der Waals surface area contributed by atoms with Crippen LogP contribution in [0.15, 0.2) is 5.38 Å². The number of aliphatic hydroxyl groups is 1. The molecular formula is C13H21N3O2S. The van der Waals surface area contributed by atoms with Gasteiger partial charge in [-0.05, 0) is 19.8 Å². The fourth-order valence-corrected chi connectivity index (χ4v) is 3.08. The van der Waals surface area contributed by atoms with E-state index in [9.17, 15) is 4.79 Å². The summed E-state index contributed by atoms with van der Waals surface area (Å²) in [4.78, 5) is 20.0. The van der Waals surface area contributed by atoms with Gasteiger partial charge in [-0.1, -0.05) is 0 Å². The summed E-state index contributed by atoms with van der Waals surface area (Å²) in [5.41, 5.74) is 0.986. The maximum Gasteiger partial charge on any atom is 0.225 e. The highest BCUT2D eigenvalue weighted by molar-refractivity contribution is 7.14. The number of carbonyl (C=O) groups is 1. The van der Waals surface area contributed by atoms with Crippen molar-refractivity contribution in [3.8, 4) is 0 Å². The van der Waals surface area contributed by atoms with Gasteiger partial charge in [0.05, 0.1) is 12.3 Å². The lowest BCUT2D eigenvalue weighted by Gasteiger charge is -2.19. The Morgan fingerprint density at radius 2 is 2.32 bits per heavy atom. The summed E-state index contributed by atoms with van der Waals surface area (Å²) in [5.74, 6) is 0.0257. The lowest BCUT2D eigenvalue weighted by atomic mass is 10.4. The largest absolute Gasteiger partial charge is 0.395 e. The Morgan fingerprint density at radius 1 is 1.58 bits per heavy atom. The smallest absolute Gasteiger partial charge is 0.225 e. The average molecular weight is 283 g/mol. The molecule has 0 bridgehead atoms. The quantitative estimate of drug-likeness (QED) is 0.823. The van der Waals surface area contributed by atoms with Gasteiger partial charge in [-0.15, -0.1) is 11.3 Å². The van der Waals surface area contributed by atoms with Crippen LogP contribution in [0.4, 0.5) is 5.13 Å². The van der Waals surface area contributed by atoms with Gasteiger partial charge in [-0.2, -0.15) is 0 Å². The van der Waals surface area contributed by atoms with E-state index in [4.69, 9.17) is 5.11 Å². The number of thiazole rings is 1. The maximum atomic E-state index is 11.5. The van der Waals surface area contributed by atoms with Crippen molar-refractivity contribution in [2.24, 2.45) is 0 Å². The summed E-state index contributed by atoms with van der Waals surface area (Å²) in [7, 11) is 0. The summed E-state index contributed by atoms with van der Waals surface area (Å²) in [5, 5.41) is 11.9. The highest BCUT2D eigenvalue weighted by atomic mass is 32.1. The van der Waals surface area contributed by atoms with Gasteiger partial charge < -0.3 is 5.11 Å². The van der Waals surface area contributed by atoms with Crippen LogP contribution in [0, 0.1) is 0 Å². The lowest BCUT2D eigenvalue weighted by molar-refractivity contribution is -0.116. The fraction of sp³-hybridized carbons (Fsp3) is 0.692. The van der Waals surface area contributed by atoms with Crippen LogP contribution in [0.3, 0.4) is 0 Å². The molecule has 1 heterocycles. The van der Waals surface area contributed by atoms with Gasteiger partial charge in [0.2, 0.25) is 5.91 Å². The summed E-state index contributed by atoms with van der Waals surface area (Å²) < 4.78 is 0. The molecule has 1 fully saturated rings. The van der Waals surface area contributed by atoms with Crippen LogP contribution in [-0.2, 0) is 11.3 Å². The second-order valence-electron chi connectivity index (χ2n) is 4.81. The van der Waals surface area contributed by atoms with Crippen molar-refractivity contribution in [1.29, 1.82) is 0 Å². The monoisotopic (exact) mass is 283 g/mol. The molecule has 2 rings (SSSR count). The number of hydrogen-bond acceptors (Lipinski definition) is 5. The second-order valence-corrected chi connectivity index (χ2v) is 5.65. The summed E-state index contributed by atoms with van der Waals surface area (Å²) >= 11 is 1.51. The molecule has 5 nitrogen and oxygen atoms in total. The number of aromatic nitrogens is 1. The SMILES string of the molecule is CCN(C(C)=O)c1nc(CN(CCO)C2CC2)cs1. The molecule has 1 N–H and O–H groups in total. The first-order valence-corrected chi connectivity index (χ1v) is 7.61. The van der Waals surface area contributed by atoms with E-state index in [0.717, 1.165) is 17.4 Å². The van der Waals surface area contributed by atoms with Crippen LogP contribution in [0.5, 0.6) is 0 Å². The number of carbonyl (C=O) groups excluding carboxylic acids is 1. The second kappa shape index (κ2) is 6.45. The molecule has 1 aliphatic rings.